The van der Waals surface area contributed by atoms with Crippen LogP contribution in [-0.2, 0) is 24.6 Å². The van der Waals surface area contributed by atoms with Gasteiger partial charge >= 0.3 is 0 Å². The van der Waals surface area contributed by atoms with Crippen LogP contribution in [0.1, 0.15) is 23.6 Å². The molecule has 0 aliphatic rings. The fraction of sp³-hybridized carbons (Fsp3) is 0.538. The predicted molar refractivity (Wildman–Crippen MR) is 66.7 cm³/mol. The minimum Gasteiger partial charge on any atom is -0.496 e. The number of methoxy groups -OCH3 is 2. The molecule has 0 aliphatic heterocycles. The Bertz CT molecular complexity index is 389. The Morgan fingerprint density at radius 2 is 1.50 bits per heavy atom. The minimum atomic E-state index is -0.206. The Kier molecular flexibility index (Phi) is 5.91. The fourth-order valence-corrected chi connectivity index (χ4v) is 1.86. The first-order valence-electron chi connectivity index (χ1n) is 5.78. The largest absolute Gasteiger partial charge is 0.496 e. The quantitative estimate of drug-likeness (QED) is 0.768. The highest BCUT2D eigenvalue weighted by Crippen LogP contribution is 2.34. The fourth-order valence-electron chi connectivity index (χ4n) is 1.86. The molecular weight excluding hydrogens is 236 g/mol. The van der Waals surface area contributed by atoms with Gasteiger partial charge in [0.25, 0.3) is 0 Å². The van der Waals surface area contributed by atoms with Crippen molar-refractivity contribution < 1.29 is 24.4 Å². The lowest BCUT2D eigenvalue weighted by Crippen LogP contribution is -2.07. The van der Waals surface area contributed by atoms with Gasteiger partial charge in [0, 0.05) is 23.8 Å². The highest BCUT2D eigenvalue weighted by molar-refractivity contribution is 5.52. The van der Waals surface area contributed by atoms with E-state index in [0.717, 1.165) is 5.56 Å². The highest BCUT2D eigenvalue weighted by atomic mass is 16.5. The maximum atomic E-state index is 9.49. The summed E-state index contributed by atoms with van der Waals surface area (Å²) in [6, 6.07) is 1.69. The van der Waals surface area contributed by atoms with E-state index in [9.17, 15) is 10.2 Å². The van der Waals surface area contributed by atoms with Crippen LogP contribution >= 0.6 is 0 Å². The zero-order valence-electron chi connectivity index (χ0n) is 11.0. The van der Waals surface area contributed by atoms with Gasteiger partial charge in [-0.2, -0.15) is 0 Å². The third-order valence-corrected chi connectivity index (χ3v) is 2.79. The number of rotatable bonds is 7. The zero-order chi connectivity index (χ0) is 13.5. The lowest BCUT2D eigenvalue weighted by Gasteiger charge is -2.18. The molecule has 0 heterocycles. The van der Waals surface area contributed by atoms with Crippen LogP contribution in [0.5, 0.6) is 11.5 Å². The Morgan fingerprint density at radius 3 is 1.94 bits per heavy atom. The molecule has 1 aromatic carbocycles. The molecule has 0 unspecified atom stereocenters. The van der Waals surface area contributed by atoms with Gasteiger partial charge in [0.05, 0.1) is 34.0 Å². The van der Waals surface area contributed by atoms with E-state index in [1.165, 1.54) is 7.11 Å². The van der Waals surface area contributed by atoms with Crippen molar-refractivity contribution in [1.82, 2.24) is 0 Å². The molecule has 1 aromatic rings. The third kappa shape index (κ3) is 2.93. The summed E-state index contributed by atoms with van der Waals surface area (Å²) in [7, 11) is 3.06. The third-order valence-electron chi connectivity index (χ3n) is 2.79. The minimum absolute atomic E-state index is 0.203. The summed E-state index contributed by atoms with van der Waals surface area (Å²) >= 11 is 0. The van der Waals surface area contributed by atoms with Gasteiger partial charge in [0.2, 0.25) is 0 Å². The first-order valence-corrected chi connectivity index (χ1v) is 5.78. The molecule has 0 saturated carbocycles. The van der Waals surface area contributed by atoms with Crippen molar-refractivity contribution in [3.63, 3.8) is 0 Å². The summed E-state index contributed by atoms with van der Waals surface area (Å²) in [6.45, 7) is 2.37. The Labute approximate surface area is 107 Å². The molecule has 0 spiro atoms. The molecule has 5 heteroatoms. The van der Waals surface area contributed by atoms with E-state index in [4.69, 9.17) is 14.2 Å². The Morgan fingerprint density at radius 1 is 0.944 bits per heavy atom. The molecule has 102 valence electrons. The van der Waals surface area contributed by atoms with E-state index < -0.39 is 0 Å². The summed E-state index contributed by atoms with van der Waals surface area (Å²) in [5, 5.41) is 18.9. The SMILES string of the molecule is CCOCc1c(OC)cc(OC)c(CO)c1CO. The molecule has 0 bridgehead atoms. The predicted octanol–water partition coefficient (Wildman–Crippen LogP) is 1.22. The van der Waals surface area contributed by atoms with Gasteiger partial charge < -0.3 is 24.4 Å². The number of aliphatic hydroxyl groups excluding tert-OH is 2. The van der Waals surface area contributed by atoms with Crippen LogP contribution in [0.4, 0.5) is 0 Å². The van der Waals surface area contributed by atoms with E-state index in [1.807, 2.05) is 6.92 Å². The lowest BCUT2D eigenvalue weighted by molar-refractivity contribution is 0.129. The monoisotopic (exact) mass is 256 g/mol. The van der Waals surface area contributed by atoms with Crippen LogP contribution in [0.3, 0.4) is 0 Å². The number of hydrogen-bond donors (Lipinski definition) is 2. The van der Waals surface area contributed by atoms with Crippen molar-refractivity contribution in [2.75, 3.05) is 20.8 Å². The van der Waals surface area contributed by atoms with Crippen molar-refractivity contribution in [3.8, 4) is 11.5 Å². The van der Waals surface area contributed by atoms with Crippen molar-refractivity contribution >= 4 is 0 Å². The average Bonchev–Trinajstić information content (AvgIpc) is 2.42. The van der Waals surface area contributed by atoms with Crippen molar-refractivity contribution in [1.29, 1.82) is 0 Å². The summed E-state index contributed by atoms with van der Waals surface area (Å²) < 4.78 is 15.8. The van der Waals surface area contributed by atoms with Crippen LogP contribution in [-0.4, -0.2) is 31.0 Å². The maximum Gasteiger partial charge on any atom is 0.128 e. The molecule has 0 fully saturated rings. The van der Waals surface area contributed by atoms with E-state index >= 15 is 0 Å². The first-order chi connectivity index (χ1) is 8.73. The Balaban J connectivity index is 3.35. The normalized spacial score (nSPS) is 10.5. The molecule has 0 aliphatic carbocycles. The molecule has 0 radical (unpaired) electrons. The van der Waals surface area contributed by atoms with Gasteiger partial charge in [-0.1, -0.05) is 0 Å². The second-order valence-electron chi connectivity index (χ2n) is 3.67. The van der Waals surface area contributed by atoms with Crippen LogP contribution < -0.4 is 9.47 Å². The lowest BCUT2D eigenvalue weighted by atomic mass is 10.00. The van der Waals surface area contributed by atoms with E-state index in [-0.39, 0.29) is 13.2 Å². The van der Waals surface area contributed by atoms with Crippen LogP contribution in [0, 0.1) is 0 Å². The summed E-state index contributed by atoms with van der Waals surface area (Å²) in [5.74, 6) is 1.08. The van der Waals surface area contributed by atoms with Crippen LogP contribution in [0.25, 0.3) is 0 Å². The van der Waals surface area contributed by atoms with Crippen molar-refractivity contribution in [3.05, 3.63) is 22.8 Å². The molecule has 5 nitrogen and oxygen atoms in total. The van der Waals surface area contributed by atoms with E-state index in [2.05, 4.69) is 0 Å². The number of ether oxygens (including phenoxy) is 3. The standard InChI is InChI=1S/C13H20O5/c1-4-18-8-11-9(6-14)10(7-15)12(16-2)5-13(11)17-3/h5,14-15H,4,6-8H2,1-3H3. The number of aliphatic hydroxyl groups is 2. The number of hydrogen-bond acceptors (Lipinski definition) is 5. The molecule has 18 heavy (non-hydrogen) atoms. The van der Waals surface area contributed by atoms with Crippen LogP contribution in [0.15, 0.2) is 6.07 Å². The Hall–Kier alpha value is -1.30. The van der Waals surface area contributed by atoms with Gasteiger partial charge in [-0.25, -0.2) is 0 Å². The number of benzene rings is 1. The molecule has 0 atom stereocenters. The smallest absolute Gasteiger partial charge is 0.128 e. The van der Waals surface area contributed by atoms with Gasteiger partial charge in [-0.15, -0.1) is 0 Å². The zero-order valence-corrected chi connectivity index (χ0v) is 11.0. The second-order valence-corrected chi connectivity index (χ2v) is 3.67. The van der Waals surface area contributed by atoms with Gasteiger partial charge in [0.1, 0.15) is 11.5 Å². The summed E-state index contributed by atoms with van der Waals surface area (Å²) in [6.07, 6.45) is 0. The summed E-state index contributed by atoms with van der Waals surface area (Å²) in [5.41, 5.74) is 1.91. The van der Waals surface area contributed by atoms with Gasteiger partial charge in [-0.3, -0.25) is 0 Å². The van der Waals surface area contributed by atoms with Crippen molar-refractivity contribution in [2.24, 2.45) is 0 Å². The highest BCUT2D eigenvalue weighted by Gasteiger charge is 2.18. The molecule has 2 N–H and O–H groups in total. The van der Waals surface area contributed by atoms with Gasteiger partial charge in [-0.05, 0) is 12.5 Å². The topological polar surface area (TPSA) is 68.2 Å². The van der Waals surface area contributed by atoms with E-state index in [0.29, 0.717) is 35.8 Å². The first kappa shape index (κ1) is 14.8. The van der Waals surface area contributed by atoms with E-state index in [1.54, 1.807) is 13.2 Å². The average molecular weight is 256 g/mol. The molecule has 0 amide bonds. The van der Waals surface area contributed by atoms with Crippen LogP contribution in [0.2, 0.25) is 0 Å². The van der Waals surface area contributed by atoms with Crippen molar-refractivity contribution in [2.45, 2.75) is 26.7 Å². The summed E-state index contributed by atoms with van der Waals surface area (Å²) in [4.78, 5) is 0. The molecule has 0 aromatic heterocycles. The maximum absolute atomic E-state index is 9.49. The van der Waals surface area contributed by atoms with Gasteiger partial charge in [0.15, 0.2) is 0 Å². The second kappa shape index (κ2) is 7.20. The molecule has 1 rings (SSSR count). The molecular formula is C13H20O5. The molecule has 0 saturated heterocycles.